The van der Waals surface area contributed by atoms with Crippen molar-refractivity contribution in [2.45, 2.75) is 39.2 Å². The number of carbonyl (C=O) groups excluding carboxylic acids is 1. The number of rotatable bonds is 5. The molecule has 1 atom stereocenters. The molecule has 0 aromatic heterocycles. The van der Waals surface area contributed by atoms with Crippen molar-refractivity contribution in [1.82, 2.24) is 5.32 Å². The second-order valence-electron chi connectivity index (χ2n) is 7.00. The quantitative estimate of drug-likeness (QED) is 0.844. The van der Waals surface area contributed by atoms with Crippen LogP contribution in [0.4, 0.5) is 4.79 Å². The van der Waals surface area contributed by atoms with Gasteiger partial charge in [0.1, 0.15) is 6.61 Å². The maximum Gasteiger partial charge on any atom is 0.407 e. The van der Waals surface area contributed by atoms with E-state index in [0.717, 1.165) is 6.42 Å². The number of alkyl carbamates (subject to hydrolysis) is 1. The Morgan fingerprint density at radius 2 is 1.54 bits per heavy atom. The van der Waals surface area contributed by atoms with Gasteiger partial charge in [-0.15, -0.1) is 0 Å². The monoisotopic (exact) mass is 323 g/mol. The molecule has 2 aromatic carbocycles. The second kappa shape index (κ2) is 7.08. The molecule has 0 saturated heterocycles. The molecule has 0 spiro atoms. The van der Waals surface area contributed by atoms with Gasteiger partial charge in [0.25, 0.3) is 0 Å². The summed E-state index contributed by atoms with van der Waals surface area (Å²) in [7, 11) is 0. The molecule has 3 rings (SSSR count). The standard InChI is InChI=1S/C21H25NO2/c1-14(2)12-15(3)22-21(23)24-13-20-18-10-6-4-8-16(18)17-9-5-7-11-19(17)20/h4-11,14-15,20H,12-13H2,1-3H3,(H,22,23)/t15-/m1/s1. The van der Waals surface area contributed by atoms with Crippen LogP contribution in [0.1, 0.15) is 44.2 Å². The maximum absolute atomic E-state index is 12.1. The van der Waals surface area contributed by atoms with Gasteiger partial charge in [-0.05, 0) is 41.5 Å². The Kier molecular flexibility index (Phi) is 4.89. The SMILES string of the molecule is CC(C)C[C@@H](C)NC(=O)OCC1c2ccccc2-c2ccccc21. The summed E-state index contributed by atoms with van der Waals surface area (Å²) in [5, 5.41) is 2.92. The number of fused-ring (bicyclic) bond motifs is 3. The van der Waals surface area contributed by atoms with Gasteiger partial charge in [-0.3, -0.25) is 0 Å². The highest BCUT2D eigenvalue weighted by molar-refractivity contribution is 5.79. The lowest BCUT2D eigenvalue weighted by Gasteiger charge is -2.18. The molecule has 0 fully saturated rings. The molecule has 2 aromatic rings. The summed E-state index contributed by atoms with van der Waals surface area (Å²) < 4.78 is 5.54. The van der Waals surface area contributed by atoms with Crippen LogP contribution in [-0.2, 0) is 4.74 Å². The summed E-state index contributed by atoms with van der Waals surface area (Å²) in [4.78, 5) is 12.1. The fourth-order valence-electron chi connectivity index (χ4n) is 3.61. The van der Waals surface area contributed by atoms with Gasteiger partial charge < -0.3 is 10.1 Å². The fraction of sp³-hybridized carbons (Fsp3) is 0.381. The predicted octanol–water partition coefficient (Wildman–Crippen LogP) is 4.96. The predicted molar refractivity (Wildman–Crippen MR) is 97.1 cm³/mol. The average Bonchev–Trinajstić information content (AvgIpc) is 2.86. The first-order valence-electron chi connectivity index (χ1n) is 8.67. The van der Waals surface area contributed by atoms with Crippen molar-refractivity contribution in [3.05, 3.63) is 59.7 Å². The van der Waals surface area contributed by atoms with E-state index in [0.29, 0.717) is 12.5 Å². The van der Waals surface area contributed by atoms with Crippen LogP contribution in [0.3, 0.4) is 0 Å². The smallest absolute Gasteiger partial charge is 0.407 e. The number of benzene rings is 2. The number of amides is 1. The summed E-state index contributed by atoms with van der Waals surface area (Å²) >= 11 is 0. The summed E-state index contributed by atoms with van der Waals surface area (Å²) in [6.07, 6.45) is 0.620. The van der Waals surface area contributed by atoms with Crippen LogP contribution in [-0.4, -0.2) is 18.7 Å². The fourth-order valence-corrected chi connectivity index (χ4v) is 3.61. The van der Waals surface area contributed by atoms with E-state index >= 15 is 0 Å². The molecule has 0 aliphatic heterocycles. The molecule has 0 saturated carbocycles. The van der Waals surface area contributed by atoms with E-state index in [-0.39, 0.29) is 18.1 Å². The Labute approximate surface area is 144 Å². The largest absolute Gasteiger partial charge is 0.449 e. The lowest BCUT2D eigenvalue weighted by molar-refractivity contribution is 0.138. The van der Waals surface area contributed by atoms with Crippen LogP contribution >= 0.6 is 0 Å². The zero-order valence-electron chi connectivity index (χ0n) is 14.6. The third kappa shape index (κ3) is 3.45. The number of hydrogen-bond acceptors (Lipinski definition) is 2. The highest BCUT2D eigenvalue weighted by Gasteiger charge is 2.29. The Balaban J connectivity index is 1.68. The van der Waals surface area contributed by atoms with Gasteiger partial charge in [-0.1, -0.05) is 62.4 Å². The van der Waals surface area contributed by atoms with E-state index in [9.17, 15) is 4.79 Å². The Morgan fingerprint density at radius 3 is 2.08 bits per heavy atom. The minimum atomic E-state index is -0.329. The molecule has 24 heavy (non-hydrogen) atoms. The Morgan fingerprint density at radius 1 is 1.00 bits per heavy atom. The molecule has 0 radical (unpaired) electrons. The van der Waals surface area contributed by atoms with E-state index in [4.69, 9.17) is 4.74 Å². The number of hydrogen-bond donors (Lipinski definition) is 1. The lowest BCUT2D eigenvalue weighted by atomic mass is 9.98. The van der Waals surface area contributed by atoms with Crippen LogP contribution in [0, 0.1) is 5.92 Å². The third-order valence-corrected chi connectivity index (χ3v) is 4.53. The highest BCUT2D eigenvalue weighted by atomic mass is 16.5. The van der Waals surface area contributed by atoms with E-state index < -0.39 is 0 Å². The van der Waals surface area contributed by atoms with E-state index in [1.807, 2.05) is 19.1 Å². The Bertz CT molecular complexity index is 678. The third-order valence-electron chi connectivity index (χ3n) is 4.53. The second-order valence-corrected chi connectivity index (χ2v) is 7.00. The molecule has 3 nitrogen and oxygen atoms in total. The van der Waals surface area contributed by atoms with Gasteiger partial charge in [0.15, 0.2) is 0 Å². The molecule has 1 aliphatic carbocycles. The first kappa shape index (κ1) is 16.6. The zero-order chi connectivity index (χ0) is 17.1. The lowest BCUT2D eigenvalue weighted by Crippen LogP contribution is -2.34. The highest BCUT2D eigenvalue weighted by Crippen LogP contribution is 2.44. The van der Waals surface area contributed by atoms with Gasteiger partial charge >= 0.3 is 6.09 Å². The summed E-state index contributed by atoms with van der Waals surface area (Å²) in [5.41, 5.74) is 4.97. The van der Waals surface area contributed by atoms with Crippen molar-refractivity contribution in [3.8, 4) is 11.1 Å². The van der Waals surface area contributed by atoms with Crippen molar-refractivity contribution in [3.63, 3.8) is 0 Å². The number of ether oxygens (including phenoxy) is 1. The Hall–Kier alpha value is -2.29. The van der Waals surface area contributed by atoms with Crippen molar-refractivity contribution < 1.29 is 9.53 Å². The van der Waals surface area contributed by atoms with Gasteiger partial charge in [0.05, 0.1) is 0 Å². The molecule has 1 aliphatic rings. The minimum Gasteiger partial charge on any atom is -0.449 e. The molecule has 0 unspecified atom stereocenters. The molecular weight excluding hydrogens is 298 g/mol. The molecule has 1 amide bonds. The average molecular weight is 323 g/mol. The van der Waals surface area contributed by atoms with Crippen LogP contribution in [0.15, 0.2) is 48.5 Å². The summed E-state index contributed by atoms with van der Waals surface area (Å²) in [6.45, 7) is 6.68. The summed E-state index contributed by atoms with van der Waals surface area (Å²) in [6, 6.07) is 16.9. The van der Waals surface area contributed by atoms with Crippen LogP contribution in [0.5, 0.6) is 0 Å². The van der Waals surface area contributed by atoms with Gasteiger partial charge in [-0.25, -0.2) is 4.79 Å². The molecule has 0 heterocycles. The van der Waals surface area contributed by atoms with Gasteiger partial charge in [-0.2, -0.15) is 0 Å². The summed E-state index contributed by atoms with van der Waals surface area (Å²) in [5.74, 6) is 0.664. The van der Waals surface area contributed by atoms with Crippen molar-refractivity contribution >= 4 is 6.09 Å². The molecule has 3 heteroatoms. The number of nitrogens with one attached hydrogen (secondary N) is 1. The number of carbonyl (C=O) groups is 1. The van der Waals surface area contributed by atoms with Crippen LogP contribution < -0.4 is 5.32 Å². The van der Waals surface area contributed by atoms with Gasteiger partial charge in [0, 0.05) is 12.0 Å². The van der Waals surface area contributed by atoms with Crippen LogP contribution in [0.2, 0.25) is 0 Å². The first-order valence-corrected chi connectivity index (χ1v) is 8.67. The minimum absolute atomic E-state index is 0.114. The van der Waals surface area contributed by atoms with E-state index in [1.54, 1.807) is 0 Å². The maximum atomic E-state index is 12.1. The first-order chi connectivity index (χ1) is 11.6. The molecule has 126 valence electrons. The topological polar surface area (TPSA) is 38.3 Å². The van der Waals surface area contributed by atoms with E-state index in [2.05, 4.69) is 55.6 Å². The van der Waals surface area contributed by atoms with E-state index in [1.165, 1.54) is 22.3 Å². The zero-order valence-corrected chi connectivity index (χ0v) is 14.6. The van der Waals surface area contributed by atoms with Crippen molar-refractivity contribution in [2.75, 3.05) is 6.61 Å². The molecule has 1 N–H and O–H groups in total. The van der Waals surface area contributed by atoms with Crippen molar-refractivity contribution in [2.24, 2.45) is 5.92 Å². The van der Waals surface area contributed by atoms with Gasteiger partial charge in [0.2, 0.25) is 0 Å². The van der Waals surface area contributed by atoms with Crippen molar-refractivity contribution in [1.29, 1.82) is 0 Å². The molecule has 0 bridgehead atoms. The normalized spacial score (nSPS) is 14.2. The van der Waals surface area contributed by atoms with Crippen LogP contribution in [0.25, 0.3) is 11.1 Å². The molecular formula is C21H25NO2.